The predicted molar refractivity (Wildman–Crippen MR) is 99.8 cm³/mol. The molecule has 2 N–H and O–H groups in total. The minimum Gasteiger partial charge on any atom is -0.508 e. The number of hydrogen-bond acceptors (Lipinski definition) is 4. The van der Waals surface area contributed by atoms with E-state index in [-0.39, 0.29) is 0 Å². The molecule has 1 atom stereocenters. The van der Waals surface area contributed by atoms with Crippen molar-refractivity contribution < 1.29 is 14.9 Å². The monoisotopic (exact) mass is 339 g/mol. The van der Waals surface area contributed by atoms with Crippen molar-refractivity contribution in [3.05, 3.63) is 65.7 Å². The highest BCUT2D eigenvalue weighted by Gasteiger charge is 2.16. The predicted octanol–water partition coefficient (Wildman–Crippen LogP) is 3.23. The third kappa shape index (κ3) is 5.08. The summed E-state index contributed by atoms with van der Waals surface area (Å²) in [7, 11) is 0. The molecule has 3 rings (SSSR count). The largest absolute Gasteiger partial charge is 0.508 e. The summed E-state index contributed by atoms with van der Waals surface area (Å²) in [4.78, 5) is 2.23. The second-order valence-corrected chi connectivity index (χ2v) is 6.56. The lowest BCUT2D eigenvalue weighted by atomic mass is 9.99. The maximum atomic E-state index is 10.2. The highest BCUT2D eigenvalue weighted by atomic mass is 16.5. The van der Waals surface area contributed by atoms with E-state index in [1.54, 1.807) is 12.1 Å². The molecule has 1 aliphatic heterocycles. The van der Waals surface area contributed by atoms with Gasteiger partial charge in [-0.15, -0.1) is 0 Å². The molecular weight excluding hydrogens is 314 g/mol. The number of aliphatic hydroxyl groups excluding tert-OH is 1. The maximum absolute atomic E-state index is 10.2. The normalized spacial score (nSPS) is 16.3. The van der Waals surface area contributed by atoms with Crippen molar-refractivity contribution in [1.82, 2.24) is 4.90 Å². The number of aliphatic hydroxyl groups is 1. The zero-order valence-corrected chi connectivity index (χ0v) is 14.6. The number of phenols is 1. The second-order valence-electron chi connectivity index (χ2n) is 6.56. The first kappa shape index (κ1) is 17.5. The Balaban J connectivity index is 1.46. The average molecular weight is 339 g/mol. The van der Waals surface area contributed by atoms with Gasteiger partial charge in [0.2, 0.25) is 0 Å². The van der Waals surface area contributed by atoms with E-state index < -0.39 is 6.10 Å². The fourth-order valence-electron chi connectivity index (χ4n) is 2.99. The number of phenolic OH excluding ortho intramolecular Hbond substituents is 1. The molecule has 4 nitrogen and oxygen atoms in total. The molecular formula is C21H25NO3. The third-order valence-electron chi connectivity index (χ3n) is 4.46. The Labute approximate surface area is 149 Å². The number of nitrogens with zero attached hydrogens (tertiary/aromatic N) is 1. The van der Waals surface area contributed by atoms with Gasteiger partial charge in [0.1, 0.15) is 24.2 Å². The van der Waals surface area contributed by atoms with Crippen LogP contribution in [0.2, 0.25) is 0 Å². The lowest BCUT2D eigenvalue weighted by Crippen LogP contribution is -2.38. The summed E-state index contributed by atoms with van der Waals surface area (Å²) in [6.45, 7) is 4.67. The molecule has 0 fully saturated rings. The standard InChI is InChI=1S/C21H25NO3/c1-16-2-8-21(9-3-16)25-15-20(24)14-22-12-10-18(11-13-22)17-4-6-19(23)7-5-17/h2-10,20,23-24H,11-15H2,1H3/t20-/m0/s1. The van der Waals surface area contributed by atoms with Crippen LogP contribution in [-0.2, 0) is 0 Å². The molecule has 0 saturated carbocycles. The van der Waals surface area contributed by atoms with Gasteiger partial charge in [-0.2, -0.15) is 0 Å². The zero-order valence-electron chi connectivity index (χ0n) is 14.6. The van der Waals surface area contributed by atoms with Crippen molar-refractivity contribution in [1.29, 1.82) is 0 Å². The van der Waals surface area contributed by atoms with Gasteiger partial charge in [-0.25, -0.2) is 0 Å². The minimum absolute atomic E-state index is 0.290. The Morgan fingerprint density at radius 2 is 1.80 bits per heavy atom. The zero-order chi connectivity index (χ0) is 17.6. The van der Waals surface area contributed by atoms with Crippen molar-refractivity contribution >= 4 is 5.57 Å². The lowest BCUT2D eigenvalue weighted by Gasteiger charge is -2.28. The van der Waals surface area contributed by atoms with Crippen LogP contribution in [0.25, 0.3) is 5.57 Å². The van der Waals surface area contributed by atoms with Crippen LogP contribution >= 0.6 is 0 Å². The highest BCUT2D eigenvalue weighted by molar-refractivity contribution is 5.67. The van der Waals surface area contributed by atoms with Gasteiger partial charge >= 0.3 is 0 Å². The molecule has 25 heavy (non-hydrogen) atoms. The topological polar surface area (TPSA) is 52.9 Å². The van der Waals surface area contributed by atoms with E-state index in [0.717, 1.165) is 30.8 Å². The van der Waals surface area contributed by atoms with Crippen LogP contribution in [0.3, 0.4) is 0 Å². The Morgan fingerprint density at radius 3 is 2.44 bits per heavy atom. The van der Waals surface area contributed by atoms with E-state index in [0.29, 0.717) is 18.9 Å². The molecule has 0 unspecified atom stereocenters. The Hall–Kier alpha value is -2.30. The van der Waals surface area contributed by atoms with E-state index in [9.17, 15) is 10.2 Å². The summed E-state index contributed by atoms with van der Waals surface area (Å²) in [6.07, 6.45) is 2.63. The summed E-state index contributed by atoms with van der Waals surface area (Å²) < 4.78 is 5.65. The number of ether oxygens (including phenoxy) is 1. The highest BCUT2D eigenvalue weighted by Crippen LogP contribution is 2.24. The summed E-state index contributed by atoms with van der Waals surface area (Å²) in [6, 6.07) is 15.2. The fourth-order valence-corrected chi connectivity index (χ4v) is 2.99. The Morgan fingerprint density at radius 1 is 1.08 bits per heavy atom. The maximum Gasteiger partial charge on any atom is 0.119 e. The van der Waals surface area contributed by atoms with E-state index in [1.807, 2.05) is 43.3 Å². The van der Waals surface area contributed by atoms with Crippen LogP contribution in [0.15, 0.2) is 54.6 Å². The first-order valence-corrected chi connectivity index (χ1v) is 8.68. The molecule has 0 amide bonds. The second kappa shape index (κ2) is 8.19. The molecule has 0 spiro atoms. The van der Waals surface area contributed by atoms with E-state index in [1.165, 1.54) is 11.1 Å². The minimum atomic E-state index is -0.509. The van der Waals surface area contributed by atoms with Gasteiger partial charge in [0.05, 0.1) is 0 Å². The Bertz CT molecular complexity index is 707. The van der Waals surface area contributed by atoms with Crippen molar-refractivity contribution in [2.24, 2.45) is 0 Å². The molecule has 132 valence electrons. The van der Waals surface area contributed by atoms with Gasteiger partial charge in [-0.3, -0.25) is 4.90 Å². The summed E-state index contributed by atoms with van der Waals surface area (Å²) in [5, 5.41) is 19.6. The van der Waals surface area contributed by atoms with Crippen molar-refractivity contribution in [2.75, 3.05) is 26.2 Å². The van der Waals surface area contributed by atoms with Gasteiger partial charge in [-0.1, -0.05) is 35.9 Å². The summed E-state index contributed by atoms with van der Waals surface area (Å²) in [5.41, 5.74) is 3.64. The molecule has 0 saturated heterocycles. The Kier molecular flexibility index (Phi) is 5.74. The number of aryl methyl sites for hydroxylation is 1. The molecule has 0 bridgehead atoms. The first-order chi connectivity index (χ1) is 12.1. The van der Waals surface area contributed by atoms with Crippen molar-refractivity contribution in [2.45, 2.75) is 19.4 Å². The van der Waals surface area contributed by atoms with Crippen molar-refractivity contribution in [3.63, 3.8) is 0 Å². The van der Waals surface area contributed by atoms with Gasteiger partial charge in [0.15, 0.2) is 0 Å². The number of aromatic hydroxyl groups is 1. The van der Waals surface area contributed by atoms with Gasteiger partial charge in [0.25, 0.3) is 0 Å². The van der Waals surface area contributed by atoms with E-state index >= 15 is 0 Å². The molecule has 0 aliphatic carbocycles. The van der Waals surface area contributed by atoms with E-state index in [4.69, 9.17) is 4.74 Å². The quantitative estimate of drug-likeness (QED) is 0.848. The molecule has 2 aromatic carbocycles. The van der Waals surface area contributed by atoms with Gasteiger partial charge < -0.3 is 14.9 Å². The number of hydrogen-bond donors (Lipinski definition) is 2. The van der Waals surface area contributed by atoms with Crippen LogP contribution in [0, 0.1) is 6.92 Å². The third-order valence-corrected chi connectivity index (χ3v) is 4.46. The van der Waals surface area contributed by atoms with Crippen molar-refractivity contribution in [3.8, 4) is 11.5 Å². The molecule has 2 aromatic rings. The number of rotatable bonds is 6. The lowest BCUT2D eigenvalue weighted by molar-refractivity contribution is 0.0717. The smallest absolute Gasteiger partial charge is 0.119 e. The average Bonchev–Trinajstić information content (AvgIpc) is 2.63. The van der Waals surface area contributed by atoms with Gasteiger partial charge in [0, 0.05) is 19.6 Å². The first-order valence-electron chi connectivity index (χ1n) is 8.68. The molecule has 1 heterocycles. The summed E-state index contributed by atoms with van der Waals surface area (Å²) in [5.74, 6) is 1.08. The van der Waals surface area contributed by atoms with Crippen LogP contribution in [-0.4, -0.2) is 47.5 Å². The summed E-state index contributed by atoms with van der Waals surface area (Å²) >= 11 is 0. The van der Waals surface area contributed by atoms with Crippen LogP contribution in [0.5, 0.6) is 11.5 Å². The van der Waals surface area contributed by atoms with Crippen LogP contribution < -0.4 is 4.74 Å². The van der Waals surface area contributed by atoms with Crippen LogP contribution in [0.4, 0.5) is 0 Å². The molecule has 1 aliphatic rings. The van der Waals surface area contributed by atoms with Crippen LogP contribution in [0.1, 0.15) is 17.5 Å². The fraction of sp³-hybridized carbons (Fsp3) is 0.333. The number of β-amino-alcohol motifs (C(OH)–C–C–N with tert-alkyl or cyclic N) is 1. The molecule has 0 radical (unpaired) electrons. The molecule has 0 aromatic heterocycles. The molecule has 4 heteroatoms. The SMILES string of the molecule is Cc1ccc(OC[C@@H](O)CN2CC=C(c3ccc(O)cc3)CC2)cc1. The van der Waals surface area contributed by atoms with E-state index in [2.05, 4.69) is 11.0 Å². The van der Waals surface area contributed by atoms with Gasteiger partial charge in [-0.05, 0) is 48.7 Å². The number of benzene rings is 2.